The molecule has 1 amide bonds. The van der Waals surface area contributed by atoms with Crippen molar-refractivity contribution in [1.82, 2.24) is 9.88 Å². The number of alkyl halides is 3. The molecule has 1 N–H and O–H groups in total. The van der Waals surface area contributed by atoms with Crippen molar-refractivity contribution in [1.29, 1.82) is 0 Å². The van der Waals surface area contributed by atoms with Crippen LogP contribution in [-0.4, -0.2) is 46.8 Å². The maximum Gasteiger partial charge on any atom is 0.406 e. The molecule has 0 aliphatic carbocycles. The van der Waals surface area contributed by atoms with Gasteiger partial charge in [0.2, 0.25) is 0 Å². The van der Waals surface area contributed by atoms with Gasteiger partial charge in [-0.1, -0.05) is 0 Å². The number of hydrogen-bond donors (Lipinski definition) is 1. The molecule has 7 heteroatoms. The van der Waals surface area contributed by atoms with Crippen molar-refractivity contribution in [3.63, 3.8) is 0 Å². The zero-order valence-electron chi connectivity index (χ0n) is 9.74. The summed E-state index contributed by atoms with van der Waals surface area (Å²) < 4.78 is 36.9. The van der Waals surface area contributed by atoms with E-state index in [0.29, 0.717) is 10.5 Å². The van der Waals surface area contributed by atoms with E-state index in [4.69, 9.17) is 5.11 Å². The van der Waals surface area contributed by atoms with Crippen LogP contribution in [0.3, 0.4) is 0 Å². The predicted octanol–water partition coefficient (Wildman–Crippen LogP) is 1.39. The molecule has 0 bridgehead atoms. The lowest BCUT2D eigenvalue weighted by Crippen LogP contribution is -2.40. The fraction of sp³-hybridized carbons (Fsp3) is 0.455. The van der Waals surface area contributed by atoms with E-state index < -0.39 is 25.2 Å². The molecule has 1 aromatic heterocycles. The Morgan fingerprint density at radius 3 is 2.61 bits per heavy atom. The number of aliphatic hydroxyl groups is 1. The molecular formula is C11H13F3N2O2. The molecule has 0 spiro atoms. The van der Waals surface area contributed by atoms with Gasteiger partial charge in [-0.25, -0.2) is 0 Å². The minimum atomic E-state index is -4.50. The van der Waals surface area contributed by atoms with Crippen molar-refractivity contribution in [3.8, 4) is 0 Å². The Kier molecular flexibility index (Phi) is 4.66. The van der Waals surface area contributed by atoms with E-state index in [1.807, 2.05) is 0 Å². The van der Waals surface area contributed by atoms with Crippen LogP contribution in [0.4, 0.5) is 13.2 Å². The number of aryl methyl sites for hydroxylation is 1. The lowest BCUT2D eigenvalue weighted by molar-refractivity contribution is -0.141. The Morgan fingerprint density at radius 1 is 1.44 bits per heavy atom. The first-order valence-electron chi connectivity index (χ1n) is 5.22. The molecule has 0 saturated heterocycles. The average Bonchev–Trinajstić information content (AvgIpc) is 2.26. The van der Waals surface area contributed by atoms with E-state index in [2.05, 4.69) is 4.98 Å². The highest BCUT2D eigenvalue weighted by molar-refractivity contribution is 5.94. The largest absolute Gasteiger partial charge is 0.406 e. The molecule has 1 aromatic rings. The smallest absolute Gasteiger partial charge is 0.395 e. The van der Waals surface area contributed by atoms with Gasteiger partial charge in [0.1, 0.15) is 6.54 Å². The molecule has 0 fully saturated rings. The van der Waals surface area contributed by atoms with Gasteiger partial charge >= 0.3 is 6.18 Å². The highest BCUT2D eigenvalue weighted by Crippen LogP contribution is 2.18. The maximum absolute atomic E-state index is 12.3. The highest BCUT2D eigenvalue weighted by Gasteiger charge is 2.33. The fourth-order valence-corrected chi connectivity index (χ4v) is 1.44. The van der Waals surface area contributed by atoms with Gasteiger partial charge in [-0.2, -0.15) is 13.2 Å². The van der Waals surface area contributed by atoms with Crippen molar-refractivity contribution < 1.29 is 23.1 Å². The van der Waals surface area contributed by atoms with Crippen molar-refractivity contribution in [2.45, 2.75) is 13.1 Å². The first-order valence-corrected chi connectivity index (χ1v) is 5.22. The molecule has 4 nitrogen and oxygen atoms in total. The number of aliphatic hydroxyl groups excluding tert-OH is 1. The summed E-state index contributed by atoms with van der Waals surface area (Å²) >= 11 is 0. The third-order valence-electron chi connectivity index (χ3n) is 2.15. The molecule has 0 saturated carbocycles. The standard InChI is InChI=1S/C11H13F3N2O2/c1-8-4-9(6-15-5-8)10(18)16(2-3-17)7-11(12,13)14/h4-6,17H,2-3,7H2,1H3. The Labute approximate surface area is 102 Å². The lowest BCUT2D eigenvalue weighted by Gasteiger charge is -2.23. The molecular weight excluding hydrogens is 249 g/mol. The van der Waals surface area contributed by atoms with Gasteiger partial charge in [-0.3, -0.25) is 9.78 Å². The van der Waals surface area contributed by atoms with Crippen LogP contribution in [0.1, 0.15) is 15.9 Å². The Hall–Kier alpha value is -1.63. The minimum Gasteiger partial charge on any atom is -0.395 e. The van der Waals surface area contributed by atoms with Crippen LogP contribution in [-0.2, 0) is 0 Å². The normalized spacial score (nSPS) is 11.4. The Bertz CT molecular complexity index is 421. The number of amides is 1. The highest BCUT2D eigenvalue weighted by atomic mass is 19.4. The van der Waals surface area contributed by atoms with Gasteiger partial charge in [0.15, 0.2) is 0 Å². The summed E-state index contributed by atoms with van der Waals surface area (Å²) in [4.78, 5) is 16.1. The number of pyridine rings is 1. The van der Waals surface area contributed by atoms with Crippen LogP contribution in [0.5, 0.6) is 0 Å². The second-order valence-electron chi connectivity index (χ2n) is 3.82. The molecule has 0 aromatic carbocycles. The number of carbonyl (C=O) groups excluding carboxylic acids is 1. The van der Waals surface area contributed by atoms with E-state index in [-0.39, 0.29) is 12.1 Å². The summed E-state index contributed by atoms with van der Waals surface area (Å²) in [5, 5.41) is 8.71. The SMILES string of the molecule is Cc1cncc(C(=O)N(CCO)CC(F)(F)F)c1. The second-order valence-corrected chi connectivity index (χ2v) is 3.82. The summed E-state index contributed by atoms with van der Waals surface area (Å²) in [6.07, 6.45) is -1.80. The fourth-order valence-electron chi connectivity index (χ4n) is 1.44. The second kappa shape index (κ2) is 5.81. The maximum atomic E-state index is 12.3. The third-order valence-corrected chi connectivity index (χ3v) is 2.15. The molecule has 100 valence electrons. The molecule has 0 aliphatic rings. The van der Waals surface area contributed by atoms with Crippen LogP contribution in [0.15, 0.2) is 18.5 Å². The van der Waals surface area contributed by atoms with Crippen LogP contribution in [0.25, 0.3) is 0 Å². The van der Waals surface area contributed by atoms with Crippen LogP contribution in [0, 0.1) is 6.92 Å². The van der Waals surface area contributed by atoms with Crippen molar-refractivity contribution in [2.24, 2.45) is 0 Å². The molecule has 0 aliphatic heterocycles. The summed E-state index contributed by atoms with van der Waals surface area (Å²) in [6.45, 7) is -0.600. The molecule has 0 atom stereocenters. The summed E-state index contributed by atoms with van der Waals surface area (Å²) in [5.41, 5.74) is 0.754. The number of halogens is 3. The number of nitrogens with zero attached hydrogens (tertiary/aromatic N) is 2. The van der Waals surface area contributed by atoms with Crippen LogP contribution < -0.4 is 0 Å². The van der Waals surface area contributed by atoms with E-state index in [1.165, 1.54) is 18.5 Å². The summed E-state index contributed by atoms with van der Waals surface area (Å²) in [6, 6.07) is 1.45. The Balaban J connectivity index is 2.89. The molecule has 0 radical (unpaired) electrons. The molecule has 1 rings (SSSR count). The van der Waals surface area contributed by atoms with E-state index >= 15 is 0 Å². The number of carbonyl (C=O) groups is 1. The third kappa shape index (κ3) is 4.33. The zero-order chi connectivity index (χ0) is 13.8. The van der Waals surface area contributed by atoms with E-state index in [9.17, 15) is 18.0 Å². The lowest BCUT2D eigenvalue weighted by atomic mass is 10.2. The first-order chi connectivity index (χ1) is 8.33. The average molecular weight is 262 g/mol. The number of rotatable bonds is 4. The van der Waals surface area contributed by atoms with Crippen LogP contribution in [0.2, 0.25) is 0 Å². The van der Waals surface area contributed by atoms with Crippen molar-refractivity contribution in [3.05, 3.63) is 29.6 Å². The molecule has 0 unspecified atom stereocenters. The van der Waals surface area contributed by atoms with Crippen LogP contribution >= 0.6 is 0 Å². The quantitative estimate of drug-likeness (QED) is 0.892. The zero-order valence-corrected chi connectivity index (χ0v) is 9.74. The number of aromatic nitrogens is 1. The molecule has 18 heavy (non-hydrogen) atoms. The van der Waals surface area contributed by atoms with E-state index in [1.54, 1.807) is 6.92 Å². The summed E-state index contributed by atoms with van der Waals surface area (Å²) in [7, 11) is 0. The first kappa shape index (κ1) is 14.4. The van der Waals surface area contributed by atoms with Gasteiger partial charge in [0.05, 0.1) is 12.2 Å². The van der Waals surface area contributed by atoms with Gasteiger partial charge in [-0.05, 0) is 18.6 Å². The predicted molar refractivity (Wildman–Crippen MR) is 58.0 cm³/mol. The minimum absolute atomic E-state index is 0.0766. The van der Waals surface area contributed by atoms with Gasteiger partial charge in [0, 0.05) is 18.9 Å². The van der Waals surface area contributed by atoms with E-state index in [0.717, 1.165) is 0 Å². The topological polar surface area (TPSA) is 53.4 Å². The Morgan fingerprint density at radius 2 is 2.11 bits per heavy atom. The van der Waals surface area contributed by atoms with Gasteiger partial charge in [-0.15, -0.1) is 0 Å². The molecule has 1 heterocycles. The van der Waals surface area contributed by atoms with Crippen molar-refractivity contribution >= 4 is 5.91 Å². The van der Waals surface area contributed by atoms with Crippen molar-refractivity contribution in [2.75, 3.05) is 19.7 Å². The van der Waals surface area contributed by atoms with Gasteiger partial charge < -0.3 is 10.0 Å². The number of hydrogen-bond acceptors (Lipinski definition) is 3. The summed E-state index contributed by atoms with van der Waals surface area (Å²) in [5.74, 6) is -0.794. The monoisotopic (exact) mass is 262 g/mol. The van der Waals surface area contributed by atoms with Gasteiger partial charge in [0.25, 0.3) is 5.91 Å².